The van der Waals surface area contributed by atoms with E-state index in [1.165, 1.54) is 10.5 Å². The van der Waals surface area contributed by atoms with Crippen LogP contribution in [0.5, 0.6) is 0 Å². The van der Waals surface area contributed by atoms with E-state index < -0.39 is 0 Å². The molecule has 104 valence electrons. The van der Waals surface area contributed by atoms with E-state index in [-0.39, 0.29) is 11.8 Å². The predicted molar refractivity (Wildman–Crippen MR) is 82.0 cm³/mol. The smallest absolute Gasteiger partial charge is 0.261 e. The van der Waals surface area contributed by atoms with Crippen LogP contribution in [0, 0.1) is 6.92 Å². The molecule has 0 atom stereocenters. The van der Waals surface area contributed by atoms with Crippen molar-refractivity contribution >= 4 is 17.9 Å². The number of aryl methyl sites for hydroxylation is 1. The molecule has 0 unspecified atom stereocenters. The molecule has 0 saturated heterocycles. The Bertz CT molecular complexity index is 711. The second-order valence-corrected chi connectivity index (χ2v) is 5.08. The molecule has 0 fully saturated rings. The molecular weight excluding hydrogens is 262 g/mol. The summed E-state index contributed by atoms with van der Waals surface area (Å²) in [6, 6.07) is 15.0. The molecule has 1 heterocycles. The highest BCUT2D eigenvalue weighted by Gasteiger charge is 2.33. The molecule has 3 rings (SSSR count). The summed E-state index contributed by atoms with van der Waals surface area (Å²) in [4.78, 5) is 25.6. The average molecular weight is 277 g/mol. The number of fused-ring (bicyclic) bond motifs is 1. The van der Waals surface area contributed by atoms with Gasteiger partial charge in [0, 0.05) is 6.54 Å². The van der Waals surface area contributed by atoms with Crippen LogP contribution < -0.4 is 0 Å². The van der Waals surface area contributed by atoms with Gasteiger partial charge in [-0.2, -0.15) is 0 Å². The normalized spacial score (nSPS) is 14.0. The number of rotatable bonds is 3. The molecule has 0 radical (unpaired) electrons. The first kappa shape index (κ1) is 13.3. The van der Waals surface area contributed by atoms with Gasteiger partial charge in [-0.05, 0) is 24.6 Å². The zero-order valence-corrected chi connectivity index (χ0v) is 11.7. The maximum Gasteiger partial charge on any atom is 0.261 e. The van der Waals surface area contributed by atoms with Crippen LogP contribution in [0.15, 0.2) is 54.6 Å². The maximum atomic E-state index is 12.2. The summed E-state index contributed by atoms with van der Waals surface area (Å²) >= 11 is 0. The first-order valence-corrected chi connectivity index (χ1v) is 6.85. The third-order valence-electron chi connectivity index (χ3n) is 3.52. The largest absolute Gasteiger partial charge is 0.270 e. The van der Waals surface area contributed by atoms with Gasteiger partial charge >= 0.3 is 0 Å². The minimum absolute atomic E-state index is 0.218. The van der Waals surface area contributed by atoms with E-state index in [1.807, 2.05) is 37.3 Å². The third-order valence-corrected chi connectivity index (χ3v) is 3.52. The molecule has 0 bridgehead atoms. The van der Waals surface area contributed by atoms with Crippen LogP contribution in [-0.4, -0.2) is 23.3 Å². The Morgan fingerprint density at radius 3 is 2.24 bits per heavy atom. The minimum atomic E-state index is -0.218. The van der Waals surface area contributed by atoms with Crippen LogP contribution in [-0.2, 0) is 0 Å². The SMILES string of the molecule is Cc1cccc(/C=C/CN2C(=O)c3ccccc3C2=O)c1. The second-order valence-electron chi connectivity index (χ2n) is 5.08. The molecule has 0 saturated carbocycles. The van der Waals surface area contributed by atoms with Gasteiger partial charge < -0.3 is 0 Å². The van der Waals surface area contributed by atoms with Crippen LogP contribution in [0.3, 0.4) is 0 Å². The number of hydrogen-bond acceptors (Lipinski definition) is 2. The van der Waals surface area contributed by atoms with E-state index in [9.17, 15) is 9.59 Å². The Morgan fingerprint density at radius 2 is 1.62 bits per heavy atom. The number of imide groups is 1. The second kappa shape index (κ2) is 5.37. The van der Waals surface area contributed by atoms with Crippen LogP contribution in [0.4, 0.5) is 0 Å². The van der Waals surface area contributed by atoms with Gasteiger partial charge in [-0.15, -0.1) is 0 Å². The van der Waals surface area contributed by atoms with Gasteiger partial charge in [-0.1, -0.05) is 54.1 Å². The monoisotopic (exact) mass is 277 g/mol. The van der Waals surface area contributed by atoms with Crippen molar-refractivity contribution in [1.82, 2.24) is 4.90 Å². The first-order valence-electron chi connectivity index (χ1n) is 6.85. The van der Waals surface area contributed by atoms with Crippen molar-refractivity contribution in [2.24, 2.45) is 0 Å². The summed E-state index contributed by atoms with van der Waals surface area (Å²) in [5.41, 5.74) is 3.22. The van der Waals surface area contributed by atoms with Crippen molar-refractivity contribution in [2.45, 2.75) is 6.92 Å². The van der Waals surface area contributed by atoms with E-state index in [4.69, 9.17) is 0 Å². The topological polar surface area (TPSA) is 37.4 Å². The standard InChI is InChI=1S/C18H15NO2/c1-13-6-4-7-14(12-13)8-5-11-19-17(20)15-9-2-3-10-16(15)18(19)21/h2-10,12H,11H2,1H3/b8-5+. The van der Waals surface area contributed by atoms with E-state index >= 15 is 0 Å². The maximum absolute atomic E-state index is 12.2. The molecular formula is C18H15NO2. The molecule has 3 nitrogen and oxygen atoms in total. The highest BCUT2D eigenvalue weighted by Crippen LogP contribution is 2.22. The summed E-state index contributed by atoms with van der Waals surface area (Å²) < 4.78 is 0. The minimum Gasteiger partial charge on any atom is -0.270 e. The first-order chi connectivity index (χ1) is 10.2. The number of amides is 2. The molecule has 2 aromatic rings. The zero-order valence-electron chi connectivity index (χ0n) is 11.7. The number of hydrogen-bond donors (Lipinski definition) is 0. The van der Waals surface area contributed by atoms with Gasteiger partial charge in [0.25, 0.3) is 11.8 Å². The number of carbonyl (C=O) groups excluding carboxylic acids is 2. The molecule has 21 heavy (non-hydrogen) atoms. The fourth-order valence-electron chi connectivity index (χ4n) is 2.47. The summed E-state index contributed by atoms with van der Waals surface area (Å²) in [6.07, 6.45) is 3.77. The van der Waals surface area contributed by atoms with Gasteiger partial charge in [-0.25, -0.2) is 0 Å². The van der Waals surface area contributed by atoms with Crippen molar-refractivity contribution in [3.63, 3.8) is 0 Å². The molecule has 3 heteroatoms. The Labute approximate surface area is 123 Å². The Balaban J connectivity index is 1.75. The lowest BCUT2D eigenvalue weighted by atomic mass is 10.1. The summed E-state index contributed by atoms with van der Waals surface area (Å²) in [5, 5.41) is 0. The van der Waals surface area contributed by atoms with E-state index in [2.05, 4.69) is 6.07 Å². The summed E-state index contributed by atoms with van der Waals surface area (Å²) in [5.74, 6) is -0.436. The Hall–Kier alpha value is -2.68. The van der Waals surface area contributed by atoms with Gasteiger partial charge in [-0.3, -0.25) is 14.5 Å². The Morgan fingerprint density at radius 1 is 0.952 bits per heavy atom. The van der Waals surface area contributed by atoms with E-state index in [0.29, 0.717) is 17.7 Å². The molecule has 0 aliphatic carbocycles. The molecule has 1 aliphatic rings. The lowest BCUT2D eigenvalue weighted by Crippen LogP contribution is -2.29. The third kappa shape index (κ3) is 2.50. The van der Waals surface area contributed by atoms with Gasteiger partial charge in [0.05, 0.1) is 11.1 Å². The lowest BCUT2D eigenvalue weighted by molar-refractivity contribution is 0.0672. The van der Waals surface area contributed by atoms with Gasteiger partial charge in [0.1, 0.15) is 0 Å². The van der Waals surface area contributed by atoms with Crippen molar-refractivity contribution in [3.05, 3.63) is 76.9 Å². The molecule has 0 aromatic heterocycles. The van der Waals surface area contributed by atoms with Crippen LogP contribution in [0.2, 0.25) is 0 Å². The lowest BCUT2D eigenvalue weighted by Gasteiger charge is -2.10. The van der Waals surface area contributed by atoms with Crippen molar-refractivity contribution in [1.29, 1.82) is 0 Å². The number of benzene rings is 2. The molecule has 0 spiro atoms. The molecule has 2 aromatic carbocycles. The van der Waals surface area contributed by atoms with Crippen LogP contribution in [0.1, 0.15) is 31.8 Å². The van der Waals surface area contributed by atoms with Gasteiger partial charge in [0.2, 0.25) is 0 Å². The quantitative estimate of drug-likeness (QED) is 0.807. The highest BCUT2D eigenvalue weighted by atomic mass is 16.2. The number of nitrogens with zero attached hydrogens (tertiary/aromatic N) is 1. The van der Waals surface area contributed by atoms with Crippen LogP contribution >= 0.6 is 0 Å². The van der Waals surface area contributed by atoms with Crippen molar-refractivity contribution in [2.75, 3.05) is 6.54 Å². The number of carbonyl (C=O) groups is 2. The van der Waals surface area contributed by atoms with Crippen molar-refractivity contribution < 1.29 is 9.59 Å². The van der Waals surface area contributed by atoms with E-state index in [1.54, 1.807) is 24.3 Å². The predicted octanol–water partition coefficient (Wildman–Crippen LogP) is 3.30. The molecule has 2 amide bonds. The van der Waals surface area contributed by atoms with Gasteiger partial charge in [0.15, 0.2) is 0 Å². The average Bonchev–Trinajstić information content (AvgIpc) is 2.73. The van der Waals surface area contributed by atoms with Crippen LogP contribution in [0.25, 0.3) is 6.08 Å². The Kier molecular flexibility index (Phi) is 3.40. The zero-order chi connectivity index (χ0) is 14.8. The summed E-state index contributed by atoms with van der Waals surface area (Å²) in [7, 11) is 0. The summed E-state index contributed by atoms with van der Waals surface area (Å²) in [6.45, 7) is 2.32. The van der Waals surface area contributed by atoms with Crippen molar-refractivity contribution in [3.8, 4) is 0 Å². The molecule has 0 N–H and O–H groups in total. The van der Waals surface area contributed by atoms with E-state index in [0.717, 1.165) is 5.56 Å². The fraction of sp³-hybridized carbons (Fsp3) is 0.111. The highest BCUT2D eigenvalue weighted by molar-refractivity contribution is 6.21. The fourth-order valence-corrected chi connectivity index (χ4v) is 2.47. The molecule has 1 aliphatic heterocycles.